The van der Waals surface area contributed by atoms with Gasteiger partial charge in [0.05, 0.1) is 29.8 Å². The van der Waals surface area contributed by atoms with Crippen molar-refractivity contribution in [2.45, 2.75) is 44.9 Å². The molecule has 1 heterocycles. The summed E-state index contributed by atoms with van der Waals surface area (Å²) in [4.78, 5) is 29.0. The lowest BCUT2D eigenvalue weighted by atomic mass is 9.84. The molecule has 1 saturated heterocycles. The molecule has 0 aromatic heterocycles. The molecule has 0 saturated carbocycles. The molecule has 0 bridgehead atoms. The van der Waals surface area contributed by atoms with Crippen LogP contribution in [0.15, 0.2) is 48.5 Å². The number of nitriles is 2. The Bertz CT molecular complexity index is 1160. The van der Waals surface area contributed by atoms with Gasteiger partial charge in [-0.2, -0.15) is 10.5 Å². The molecule has 2 aromatic rings. The number of hydrogen-bond acceptors (Lipinski definition) is 6. The summed E-state index contributed by atoms with van der Waals surface area (Å²) < 4.78 is 5.52. The van der Waals surface area contributed by atoms with Crippen molar-refractivity contribution in [1.82, 2.24) is 9.80 Å². The monoisotopic (exact) mass is 460 g/mol. The number of rotatable bonds is 5. The Labute approximate surface area is 199 Å². The molecular weight excluding hydrogens is 432 g/mol. The zero-order valence-corrected chi connectivity index (χ0v) is 19.6. The van der Waals surface area contributed by atoms with E-state index in [1.165, 1.54) is 4.90 Å². The molecule has 1 N–H and O–H groups in total. The third-order valence-electron chi connectivity index (χ3n) is 5.87. The molecule has 0 spiro atoms. The maximum atomic E-state index is 12.9. The van der Waals surface area contributed by atoms with Gasteiger partial charge in [0.15, 0.2) is 0 Å². The van der Waals surface area contributed by atoms with Crippen LogP contribution in [0.25, 0.3) is 0 Å². The fourth-order valence-corrected chi connectivity index (χ4v) is 4.18. The molecule has 3 rings (SSSR count). The van der Waals surface area contributed by atoms with Crippen molar-refractivity contribution in [2.75, 3.05) is 19.6 Å². The Morgan fingerprint density at radius 2 is 1.56 bits per heavy atom. The molecule has 1 amide bonds. The lowest BCUT2D eigenvalue weighted by Gasteiger charge is -2.48. The van der Waals surface area contributed by atoms with Gasteiger partial charge in [-0.25, -0.2) is 4.79 Å². The average Bonchev–Trinajstić information content (AvgIpc) is 2.79. The summed E-state index contributed by atoms with van der Waals surface area (Å²) >= 11 is 0. The van der Waals surface area contributed by atoms with Gasteiger partial charge in [0, 0.05) is 26.1 Å². The van der Waals surface area contributed by atoms with E-state index in [9.17, 15) is 25.2 Å². The van der Waals surface area contributed by atoms with Crippen LogP contribution in [0, 0.1) is 22.7 Å². The molecule has 34 heavy (non-hydrogen) atoms. The fraction of sp³-hybridized carbons (Fsp3) is 0.385. The summed E-state index contributed by atoms with van der Waals surface area (Å²) in [5.74, 6) is -1.11. The average molecular weight is 461 g/mol. The molecule has 1 fully saturated rings. The van der Waals surface area contributed by atoms with Crippen LogP contribution >= 0.6 is 0 Å². The predicted molar refractivity (Wildman–Crippen MR) is 125 cm³/mol. The number of carbonyl (C=O) groups excluding carboxylic acids is 1. The van der Waals surface area contributed by atoms with E-state index >= 15 is 0 Å². The third kappa shape index (κ3) is 5.36. The maximum Gasteiger partial charge on any atom is 0.410 e. The summed E-state index contributed by atoms with van der Waals surface area (Å²) in [6.45, 7) is 5.91. The first-order valence-electron chi connectivity index (χ1n) is 11.0. The number of aliphatic carboxylic acids is 1. The molecule has 1 aliphatic heterocycles. The van der Waals surface area contributed by atoms with Crippen LogP contribution in [0.5, 0.6) is 0 Å². The van der Waals surface area contributed by atoms with Crippen LogP contribution in [0.3, 0.4) is 0 Å². The Hall–Kier alpha value is -3.88. The van der Waals surface area contributed by atoms with Crippen molar-refractivity contribution in [2.24, 2.45) is 0 Å². The van der Waals surface area contributed by atoms with E-state index in [0.29, 0.717) is 22.3 Å². The van der Waals surface area contributed by atoms with E-state index in [1.807, 2.05) is 0 Å². The number of ether oxygens (including phenoxy) is 1. The number of piperazine rings is 1. The molecule has 1 aliphatic rings. The summed E-state index contributed by atoms with van der Waals surface area (Å²) in [6, 6.07) is 18.2. The number of benzene rings is 2. The van der Waals surface area contributed by atoms with Gasteiger partial charge < -0.3 is 14.7 Å². The number of amides is 1. The minimum Gasteiger partial charge on any atom is -0.480 e. The first kappa shape index (κ1) is 24.8. The number of carboxylic acids is 1. The minimum absolute atomic E-state index is 0.0140. The summed E-state index contributed by atoms with van der Waals surface area (Å²) in [5.41, 5.74) is -0.111. The summed E-state index contributed by atoms with van der Waals surface area (Å²) in [7, 11) is 0. The van der Waals surface area contributed by atoms with Gasteiger partial charge in [-0.05, 0) is 44.0 Å². The number of nitrogens with zero attached hydrogens (tertiary/aromatic N) is 4. The number of hydrogen-bond donors (Lipinski definition) is 1. The first-order valence-corrected chi connectivity index (χ1v) is 11.0. The van der Waals surface area contributed by atoms with E-state index < -0.39 is 23.2 Å². The van der Waals surface area contributed by atoms with Gasteiger partial charge in [0.2, 0.25) is 0 Å². The van der Waals surface area contributed by atoms with Gasteiger partial charge in [-0.3, -0.25) is 9.69 Å². The smallest absolute Gasteiger partial charge is 0.410 e. The molecular formula is C26H28N4O4. The topological polar surface area (TPSA) is 118 Å². The van der Waals surface area contributed by atoms with Crippen molar-refractivity contribution in [3.05, 3.63) is 70.8 Å². The highest BCUT2D eigenvalue weighted by molar-refractivity contribution is 5.81. The SMILES string of the molecule is CC(C)(C)OC(=O)N1CCN(Cc2ccccc2C#N)C(Cc2ccccc2C#N)(C(=O)O)C1. The molecule has 8 heteroatoms. The predicted octanol–water partition coefficient (Wildman–Crippen LogP) is 3.55. The molecule has 2 aromatic carbocycles. The van der Waals surface area contributed by atoms with Gasteiger partial charge >= 0.3 is 12.1 Å². The van der Waals surface area contributed by atoms with Gasteiger partial charge in [-0.15, -0.1) is 0 Å². The highest BCUT2D eigenvalue weighted by Crippen LogP contribution is 2.31. The van der Waals surface area contributed by atoms with Crippen molar-refractivity contribution < 1.29 is 19.4 Å². The van der Waals surface area contributed by atoms with Crippen molar-refractivity contribution in [1.29, 1.82) is 10.5 Å². The van der Waals surface area contributed by atoms with Gasteiger partial charge in [0.25, 0.3) is 0 Å². The molecule has 0 aliphatic carbocycles. The Kier molecular flexibility index (Phi) is 7.24. The number of carboxylic acid groups (broad SMARTS) is 1. The molecule has 1 unspecified atom stereocenters. The van der Waals surface area contributed by atoms with Crippen molar-refractivity contribution >= 4 is 12.1 Å². The summed E-state index contributed by atoms with van der Waals surface area (Å²) in [6.07, 6.45) is -0.566. The van der Waals surface area contributed by atoms with Crippen LogP contribution in [-0.4, -0.2) is 57.7 Å². The quantitative estimate of drug-likeness (QED) is 0.725. The van der Waals surface area contributed by atoms with Crippen molar-refractivity contribution in [3.8, 4) is 12.1 Å². The molecule has 0 radical (unpaired) electrons. The highest BCUT2D eigenvalue weighted by atomic mass is 16.6. The van der Waals surface area contributed by atoms with E-state index in [2.05, 4.69) is 12.1 Å². The molecule has 8 nitrogen and oxygen atoms in total. The van der Waals surface area contributed by atoms with E-state index in [0.717, 1.165) is 0 Å². The zero-order chi connectivity index (χ0) is 24.9. The van der Waals surface area contributed by atoms with Gasteiger partial charge in [-0.1, -0.05) is 36.4 Å². The van der Waals surface area contributed by atoms with Crippen molar-refractivity contribution in [3.63, 3.8) is 0 Å². The lowest BCUT2D eigenvalue weighted by Crippen LogP contribution is -2.68. The maximum absolute atomic E-state index is 12.9. The number of carbonyl (C=O) groups is 2. The largest absolute Gasteiger partial charge is 0.480 e. The minimum atomic E-state index is -1.52. The highest BCUT2D eigenvalue weighted by Gasteiger charge is 2.50. The molecule has 1 atom stereocenters. The normalized spacial score (nSPS) is 18.6. The van der Waals surface area contributed by atoms with Crippen LogP contribution < -0.4 is 0 Å². The van der Waals surface area contributed by atoms with Crippen LogP contribution in [0.4, 0.5) is 4.79 Å². The molecule has 176 valence electrons. The Morgan fingerprint density at radius 1 is 1.00 bits per heavy atom. The third-order valence-corrected chi connectivity index (χ3v) is 5.87. The standard InChI is InChI=1S/C26H28N4O4/c1-25(2,3)34-24(33)29-12-13-30(17-22-11-7-6-10-21(22)16-28)26(18-29,23(31)32)14-19-8-4-5-9-20(19)15-27/h4-11H,12-14,17-18H2,1-3H3,(H,31,32). The lowest BCUT2D eigenvalue weighted by molar-refractivity contribution is -0.157. The second-order valence-electron chi connectivity index (χ2n) is 9.37. The summed E-state index contributed by atoms with van der Waals surface area (Å²) in [5, 5.41) is 29.7. The van der Waals surface area contributed by atoms with E-state index in [4.69, 9.17) is 4.74 Å². The first-order chi connectivity index (χ1) is 16.1. The van der Waals surface area contributed by atoms with E-state index in [1.54, 1.807) is 74.2 Å². The second kappa shape index (κ2) is 9.94. The second-order valence-corrected chi connectivity index (χ2v) is 9.37. The fourth-order valence-electron chi connectivity index (χ4n) is 4.18. The van der Waals surface area contributed by atoms with Crippen LogP contribution in [-0.2, 0) is 22.5 Å². The van der Waals surface area contributed by atoms with E-state index in [-0.39, 0.29) is 32.6 Å². The van der Waals surface area contributed by atoms with Crippen LogP contribution in [0.2, 0.25) is 0 Å². The van der Waals surface area contributed by atoms with Crippen LogP contribution in [0.1, 0.15) is 43.0 Å². The zero-order valence-electron chi connectivity index (χ0n) is 19.6. The Balaban J connectivity index is 2.05. The van der Waals surface area contributed by atoms with Gasteiger partial charge in [0.1, 0.15) is 11.1 Å². The Morgan fingerprint density at radius 3 is 2.12 bits per heavy atom.